The lowest BCUT2D eigenvalue weighted by atomic mass is 9.89. The molecule has 2 atom stereocenters. The van der Waals surface area contributed by atoms with Gasteiger partial charge < -0.3 is 15.4 Å². The summed E-state index contributed by atoms with van der Waals surface area (Å²) in [5.41, 5.74) is 6.41. The summed E-state index contributed by atoms with van der Waals surface area (Å²) >= 11 is 6.21. The summed E-state index contributed by atoms with van der Waals surface area (Å²) in [6, 6.07) is 0. The van der Waals surface area contributed by atoms with Crippen molar-refractivity contribution in [2.24, 2.45) is 18.7 Å². The van der Waals surface area contributed by atoms with Crippen molar-refractivity contribution < 1.29 is 14.3 Å². The Morgan fingerprint density at radius 3 is 2.42 bits per heavy atom. The van der Waals surface area contributed by atoms with E-state index in [2.05, 4.69) is 5.10 Å². The molecule has 2 amide bonds. The topological polar surface area (TPSA) is 90.4 Å². The molecule has 3 heterocycles. The smallest absolute Gasteiger partial charge is 0.275 e. The molecule has 2 aliphatic rings. The van der Waals surface area contributed by atoms with Gasteiger partial charge in [-0.2, -0.15) is 5.10 Å². The van der Waals surface area contributed by atoms with Crippen molar-refractivity contribution >= 4 is 23.4 Å². The van der Waals surface area contributed by atoms with Crippen molar-refractivity contribution in [3.63, 3.8) is 0 Å². The van der Waals surface area contributed by atoms with E-state index in [0.29, 0.717) is 36.1 Å². The van der Waals surface area contributed by atoms with Gasteiger partial charge in [-0.15, -0.1) is 0 Å². The van der Waals surface area contributed by atoms with Gasteiger partial charge in [-0.3, -0.25) is 14.3 Å². The second-order valence-corrected chi connectivity index (χ2v) is 7.02. The second-order valence-electron chi connectivity index (χ2n) is 6.64. The molecule has 2 saturated heterocycles. The normalized spacial score (nSPS) is 25.2. The average Bonchev–Trinajstić information content (AvgIpc) is 3.16. The lowest BCUT2D eigenvalue weighted by Gasteiger charge is -2.34. The SMILES string of the molecule is Cc1c(Cl)c(C(=O)N2CCC([C@@H]3CC[C@H](C(N)=O)O3)CC2)nn1C. The molecule has 0 radical (unpaired) electrons. The number of piperidine rings is 1. The molecule has 2 aliphatic heterocycles. The molecule has 1 aromatic heterocycles. The molecule has 8 heteroatoms. The number of carbonyl (C=O) groups is 2. The maximum Gasteiger partial charge on any atom is 0.275 e. The zero-order valence-corrected chi connectivity index (χ0v) is 14.8. The number of amides is 2. The number of hydrogen-bond donors (Lipinski definition) is 1. The lowest BCUT2D eigenvalue weighted by molar-refractivity contribution is -0.130. The highest BCUT2D eigenvalue weighted by Gasteiger charge is 2.37. The van der Waals surface area contributed by atoms with Gasteiger partial charge in [0, 0.05) is 20.1 Å². The number of aryl methyl sites for hydroxylation is 1. The first kappa shape index (κ1) is 17.2. The van der Waals surface area contributed by atoms with Gasteiger partial charge in [-0.25, -0.2) is 0 Å². The Bertz CT molecular complexity index is 652. The minimum Gasteiger partial charge on any atom is -0.367 e. The van der Waals surface area contributed by atoms with E-state index >= 15 is 0 Å². The van der Waals surface area contributed by atoms with E-state index in [0.717, 1.165) is 25.0 Å². The van der Waals surface area contributed by atoms with Gasteiger partial charge in [0.2, 0.25) is 5.91 Å². The Hall–Kier alpha value is -1.60. The molecule has 0 aliphatic carbocycles. The van der Waals surface area contributed by atoms with Crippen LogP contribution in [0.15, 0.2) is 0 Å². The molecule has 0 spiro atoms. The number of primary amides is 1. The molecular formula is C16H23ClN4O3. The van der Waals surface area contributed by atoms with Gasteiger partial charge >= 0.3 is 0 Å². The van der Waals surface area contributed by atoms with Crippen LogP contribution in [0.1, 0.15) is 41.9 Å². The molecular weight excluding hydrogens is 332 g/mol. The Balaban J connectivity index is 1.58. The standard InChI is InChI=1S/C16H23ClN4O3/c1-9-13(17)14(19-20(9)2)16(23)21-7-5-10(6-8-21)11-3-4-12(24-11)15(18)22/h10-12H,3-8H2,1-2H3,(H2,18,22)/t11-,12+/m0/s1. The fraction of sp³-hybridized carbons (Fsp3) is 0.688. The average molecular weight is 355 g/mol. The van der Waals surface area contributed by atoms with Gasteiger partial charge in [-0.05, 0) is 38.5 Å². The van der Waals surface area contributed by atoms with Gasteiger partial charge in [0.25, 0.3) is 5.91 Å². The first-order valence-electron chi connectivity index (χ1n) is 8.31. The van der Waals surface area contributed by atoms with Crippen molar-refractivity contribution in [2.75, 3.05) is 13.1 Å². The van der Waals surface area contributed by atoms with Gasteiger partial charge in [0.1, 0.15) is 6.10 Å². The number of halogens is 1. The van der Waals surface area contributed by atoms with E-state index in [-0.39, 0.29) is 17.9 Å². The minimum atomic E-state index is -0.454. The van der Waals surface area contributed by atoms with Crippen LogP contribution in [0.3, 0.4) is 0 Å². The van der Waals surface area contributed by atoms with Crippen LogP contribution >= 0.6 is 11.6 Å². The summed E-state index contributed by atoms with van der Waals surface area (Å²) < 4.78 is 7.39. The highest BCUT2D eigenvalue weighted by atomic mass is 35.5. The first-order chi connectivity index (χ1) is 11.4. The number of rotatable bonds is 3. The molecule has 24 heavy (non-hydrogen) atoms. The predicted molar refractivity (Wildman–Crippen MR) is 88.7 cm³/mol. The molecule has 2 fully saturated rings. The zero-order chi connectivity index (χ0) is 17.4. The quantitative estimate of drug-likeness (QED) is 0.884. The summed E-state index contributed by atoms with van der Waals surface area (Å²) in [4.78, 5) is 25.6. The molecule has 0 aromatic carbocycles. The number of likely N-dealkylation sites (tertiary alicyclic amines) is 1. The zero-order valence-electron chi connectivity index (χ0n) is 14.0. The molecule has 1 aromatic rings. The van der Waals surface area contributed by atoms with Gasteiger partial charge in [0.15, 0.2) is 5.69 Å². The number of nitrogens with two attached hydrogens (primary N) is 1. The van der Waals surface area contributed by atoms with Crippen molar-refractivity contribution in [3.8, 4) is 0 Å². The summed E-state index contributed by atoms with van der Waals surface area (Å²) in [6.07, 6.45) is 2.88. The van der Waals surface area contributed by atoms with Gasteiger partial charge in [-0.1, -0.05) is 11.6 Å². The van der Waals surface area contributed by atoms with Crippen molar-refractivity contribution in [2.45, 2.75) is 44.8 Å². The Morgan fingerprint density at radius 1 is 1.25 bits per heavy atom. The fourth-order valence-electron chi connectivity index (χ4n) is 3.56. The molecule has 0 bridgehead atoms. The third kappa shape index (κ3) is 3.15. The fourth-order valence-corrected chi connectivity index (χ4v) is 3.80. The molecule has 0 unspecified atom stereocenters. The number of aromatic nitrogens is 2. The maximum absolute atomic E-state index is 12.6. The highest BCUT2D eigenvalue weighted by Crippen LogP contribution is 2.32. The van der Waals surface area contributed by atoms with Crippen LogP contribution in [0, 0.1) is 12.8 Å². The first-order valence-corrected chi connectivity index (χ1v) is 8.69. The third-order valence-corrected chi connectivity index (χ3v) is 5.64. The largest absolute Gasteiger partial charge is 0.367 e. The van der Waals surface area contributed by atoms with Crippen LogP contribution in [-0.2, 0) is 16.6 Å². The molecule has 2 N–H and O–H groups in total. The lowest BCUT2D eigenvalue weighted by Crippen LogP contribution is -2.42. The van der Waals surface area contributed by atoms with Crippen molar-refractivity contribution in [1.82, 2.24) is 14.7 Å². The number of carbonyl (C=O) groups excluding carboxylic acids is 2. The third-order valence-electron chi connectivity index (χ3n) is 5.19. The monoisotopic (exact) mass is 354 g/mol. The van der Waals surface area contributed by atoms with E-state index in [1.807, 2.05) is 6.92 Å². The number of hydrogen-bond acceptors (Lipinski definition) is 4. The van der Waals surface area contributed by atoms with E-state index < -0.39 is 6.10 Å². The van der Waals surface area contributed by atoms with E-state index in [1.54, 1.807) is 16.6 Å². The summed E-state index contributed by atoms with van der Waals surface area (Å²) in [5.74, 6) is -0.144. The van der Waals surface area contributed by atoms with Crippen LogP contribution < -0.4 is 5.73 Å². The van der Waals surface area contributed by atoms with E-state index in [4.69, 9.17) is 22.1 Å². The number of ether oxygens (including phenoxy) is 1. The van der Waals surface area contributed by atoms with Crippen LogP contribution in [-0.4, -0.2) is 51.8 Å². The van der Waals surface area contributed by atoms with Gasteiger partial charge in [0.05, 0.1) is 16.8 Å². The van der Waals surface area contributed by atoms with Crippen LogP contribution in [0.4, 0.5) is 0 Å². The Morgan fingerprint density at radius 2 is 1.92 bits per heavy atom. The summed E-state index contributed by atoms with van der Waals surface area (Å²) in [7, 11) is 1.77. The molecule has 3 rings (SSSR count). The van der Waals surface area contributed by atoms with Crippen molar-refractivity contribution in [1.29, 1.82) is 0 Å². The van der Waals surface area contributed by atoms with Crippen LogP contribution in [0.25, 0.3) is 0 Å². The Labute approximate surface area is 146 Å². The van der Waals surface area contributed by atoms with Crippen LogP contribution in [0.5, 0.6) is 0 Å². The number of nitrogens with zero attached hydrogens (tertiary/aromatic N) is 3. The van der Waals surface area contributed by atoms with Crippen LogP contribution in [0.2, 0.25) is 5.02 Å². The molecule has 132 valence electrons. The highest BCUT2D eigenvalue weighted by molar-refractivity contribution is 6.34. The Kier molecular flexibility index (Phi) is 4.83. The maximum atomic E-state index is 12.6. The molecule has 7 nitrogen and oxygen atoms in total. The molecule has 0 saturated carbocycles. The minimum absolute atomic E-state index is 0.0698. The van der Waals surface area contributed by atoms with Crippen molar-refractivity contribution in [3.05, 3.63) is 16.4 Å². The van der Waals surface area contributed by atoms with E-state index in [9.17, 15) is 9.59 Å². The summed E-state index contributed by atoms with van der Waals surface area (Å²) in [6.45, 7) is 3.14. The summed E-state index contributed by atoms with van der Waals surface area (Å²) in [5, 5.41) is 4.65. The van der Waals surface area contributed by atoms with E-state index in [1.165, 1.54) is 0 Å². The predicted octanol–water partition coefficient (Wildman–Crippen LogP) is 1.27. The second kappa shape index (κ2) is 6.72.